The zero-order chi connectivity index (χ0) is 19.4. The maximum atomic E-state index is 12.3. The van der Waals surface area contributed by atoms with Gasteiger partial charge in [0.1, 0.15) is 4.88 Å². The summed E-state index contributed by atoms with van der Waals surface area (Å²) in [4.78, 5) is 36.3. The van der Waals surface area contributed by atoms with E-state index >= 15 is 0 Å². The lowest BCUT2D eigenvalue weighted by Crippen LogP contribution is -2.21. The molecule has 3 aromatic rings. The lowest BCUT2D eigenvalue weighted by molar-refractivity contribution is -0.119. The van der Waals surface area contributed by atoms with Crippen LogP contribution >= 0.6 is 11.3 Å². The van der Waals surface area contributed by atoms with Crippen LogP contribution in [0.25, 0.3) is 10.1 Å². The number of hydrogen-bond donors (Lipinski definition) is 2. The van der Waals surface area contributed by atoms with Crippen LogP contribution in [0.1, 0.15) is 25.6 Å². The number of ether oxygens (including phenoxy) is 1. The van der Waals surface area contributed by atoms with Crippen molar-refractivity contribution in [2.24, 2.45) is 0 Å². The molecule has 0 spiro atoms. The van der Waals surface area contributed by atoms with E-state index in [9.17, 15) is 14.4 Å². The molecule has 0 saturated carbocycles. The Hall–Kier alpha value is -3.19. The fourth-order valence-corrected chi connectivity index (χ4v) is 3.71. The maximum Gasteiger partial charge on any atom is 0.349 e. The van der Waals surface area contributed by atoms with E-state index in [0.717, 1.165) is 15.6 Å². The van der Waals surface area contributed by atoms with Crippen molar-refractivity contribution in [1.29, 1.82) is 0 Å². The molecule has 7 heteroatoms. The van der Waals surface area contributed by atoms with Crippen LogP contribution in [-0.4, -0.2) is 31.4 Å². The molecule has 0 aliphatic carbocycles. The second-order valence-corrected chi connectivity index (χ2v) is 6.89. The van der Waals surface area contributed by atoms with Crippen LogP contribution in [0.3, 0.4) is 0 Å². The van der Waals surface area contributed by atoms with Gasteiger partial charge in [-0.3, -0.25) is 9.59 Å². The standard InChI is InChI=1S/C20H18N2O4S/c1-12-15-5-3-4-6-16(15)27-18(12)20(25)26-11-17(23)22-14-9-7-13(8-10-14)19(24)21-2/h3-10H,11H2,1-2H3,(H,21,24)(H,22,23). The second-order valence-electron chi connectivity index (χ2n) is 5.83. The summed E-state index contributed by atoms with van der Waals surface area (Å²) in [5, 5.41) is 6.16. The highest BCUT2D eigenvalue weighted by atomic mass is 32.1. The number of anilines is 1. The van der Waals surface area contributed by atoms with E-state index in [2.05, 4.69) is 10.6 Å². The minimum absolute atomic E-state index is 0.208. The predicted molar refractivity (Wildman–Crippen MR) is 105 cm³/mol. The van der Waals surface area contributed by atoms with E-state index in [1.165, 1.54) is 11.3 Å². The summed E-state index contributed by atoms with van der Waals surface area (Å²) in [5.74, 6) is -1.17. The van der Waals surface area contributed by atoms with Gasteiger partial charge in [-0.25, -0.2) is 4.79 Å². The van der Waals surface area contributed by atoms with Crippen molar-refractivity contribution in [3.8, 4) is 0 Å². The van der Waals surface area contributed by atoms with Gasteiger partial charge >= 0.3 is 5.97 Å². The SMILES string of the molecule is CNC(=O)c1ccc(NC(=O)COC(=O)c2sc3ccccc3c2C)cc1. The molecular formula is C20H18N2O4S. The first-order chi connectivity index (χ1) is 13.0. The van der Waals surface area contributed by atoms with E-state index < -0.39 is 11.9 Å². The molecule has 0 saturated heterocycles. The lowest BCUT2D eigenvalue weighted by atomic mass is 10.1. The highest BCUT2D eigenvalue weighted by molar-refractivity contribution is 7.21. The Bertz CT molecular complexity index is 1010. The number of esters is 1. The number of benzene rings is 2. The molecule has 1 heterocycles. The van der Waals surface area contributed by atoms with Crippen molar-refractivity contribution < 1.29 is 19.1 Å². The van der Waals surface area contributed by atoms with Gasteiger partial charge in [0, 0.05) is 23.0 Å². The zero-order valence-corrected chi connectivity index (χ0v) is 15.7. The fraction of sp³-hybridized carbons (Fsp3) is 0.150. The molecule has 138 valence electrons. The summed E-state index contributed by atoms with van der Waals surface area (Å²) in [5.41, 5.74) is 1.86. The van der Waals surface area contributed by atoms with Gasteiger partial charge in [0.25, 0.3) is 11.8 Å². The minimum atomic E-state index is -0.515. The van der Waals surface area contributed by atoms with Crippen LogP contribution in [-0.2, 0) is 9.53 Å². The lowest BCUT2D eigenvalue weighted by Gasteiger charge is -2.07. The molecule has 6 nitrogen and oxygen atoms in total. The number of hydrogen-bond acceptors (Lipinski definition) is 5. The number of fused-ring (bicyclic) bond motifs is 1. The van der Waals surface area contributed by atoms with Crippen LogP contribution in [0, 0.1) is 6.92 Å². The monoisotopic (exact) mass is 382 g/mol. The van der Waals surface area contributed by atoms with E-state index in [1.807, 2.05) is 31.2 Å². The molecule has 2 aromatic carbocycles. The van der Waals surface area contributed by atoms with Crippen molar-refractivity contribution in [1.82, 2.24) is 5.32 Å². The molecule has 1 aromatic heterocycles. The topological polar surface area (TPSA) is 84.5 Å². The summed E-state index contributed by atoms with van der Waals surface area (Å²) >= 11 is 1.35. The molecule has 2 amide bonds. The first-order valence-corrected chi connectivity index (χ1v) is 9.08. The van der Waals surface area contributed by atoms with Crippen LogP contribution in [0.5, 0.6) is 0 Å². The Morgan fingerprint density at radius 1 is 1.04 bits per heavy atom. The van der Waals surface area contributed by atoms with Gasteiger partial charge in [-0.1, -0.05) is 18.2 Å². The smallest absolute Gasteiger partial charge is 0.349 e. The van der Waals surface area contributed by atoms with Crippen LogP contribution in [0.15, 0.2) is 48.5 Å². The number of carbonyl (C=O) groups is 3. The van der Waals surface area contributed by atoms with Crippen LogP contribution < -0.4 is 10.6 Å². The average Bonchev–Trinajstić information content (AvgIpc) is 3.03. The summed E-state index contributed by atoms with van der Waals surface area (Å²) in [6.07, 6.45) is 0. The Morgan fingerprint density at radius 3 is 2.41 bits per heavy atom. The molecule has 0 radical (unpaired) electrons. The predicted octanol–water partition coefficient (Wildman–Crippen LogP) is 3.36. The van der Waals surface area contributed by atoms with Gasteiger partial charge in [-0.05, 0) is 48.2 Å². The third-order valence-electron chi connectivity index (χ3n) is 4.02. The number of aryl methyl sites for hydroxylation is 1. The van der Waals surface area contributed by atoms with Crippen molar-refractivity contribution in [2.75, 3.05) is 19.0 Å². The molecule has 2 N–H and O–H groups in total. The number of nitrogens with one attached hydrogen (secondary N) is 2. The molecule has 0 bridgehead atoms. The third-order valence-corrected chi connectivity index (χ3v) is 5.27. The molecule has 0 unspecified atom stereocenters. The molecule has 0 atom stereocenters. The fourth-order valence-electron chi connectivity index (χ4n) is 2.61. The normalized spacial score (nSPS) is 10.4. The van der Waals surface area contributed by atoms with Crippen molar-refractivity contribution in [2.45, 2.75) is 6.92 Å². The first-order valence-electron chi connectivity index (χ1n) is 8.27. The Kier molecular flexibility index (Phi) is 5.52. The zero-order valence-electron chi connectivity index (χ0n) is 14.9. The van der Waals surface area contributed by atoms with Crippen LogP contribution in [0.2, 0.25) is 0 Å². The van der Waals surface area contributed by atoms with Gasteiger partial charge in [0.15, 0.2) is 6.61 Å². The number of carbonyl (C=O) groups excluding carboxylic acids is 3. The number of rotatable bonds is 5. The number of thiophene rings is 1. The van der Waals surface area contributed by atoms with Gasteiger partial charge in [0.05, 0.1) is 0 Å². The van der Waals surface area contributed by atoms with E-state index in [-0.39, 0.29) is 12.5 Å². The Morgan fingerprint density at radius 2 is 1.74 bits per heavy atom. The van der Waals surface area contributed by atoms with Crippen molar-refractivity contribution in [3.05, 3.63) is 64.5 Å². The third kappa shape index (κ3) is 4.15. The van der Waals surface area contributed by atoms with Gasteiger partial charge in [-0.2, -0.15) is 0 Å². The number of amides is 2. The maximum absolute atomic E-state index is 12.3. The highest BCUT2D eigenvalue weighted by Crippen LogP contribution is 2.30. The summed E-state index contributed by atoms with van der Waals surface area (Å²) in [7, 11) is 1.55. The van der Waals surface area contributed by atoms with Crippen molar-refractivity contribution >= 4 is 44.9 Å². The minimum Gasteiger partial charge on any atom is -0.451 e. The molecule has 0 aliphatic rings. The van der Waals surface area contributed by atoms with E-state index in [4.69, 9.17) is 4.74 Å². The van der Waals surface area contributed by atoms with E-state index in [1.54, 1.807) is 31.3 Å². The molecule has 3 rings (SSSR count). The average molecular weight is 382 g/mol. The van der Waals surface area contributed by atoms with Gasteiger partial charge in [0.2, 0.25) is 0 Å². The summed E-state index contributed by atoms with van der Waals surface area (Å²) in [6.45, 7) is 1.48. The summed E-state index contributed by atoms with van der Waals surface area (Å²) in [6, 6.07) is 14.1. The molecular weight excluding hydrogens is 364 g/mol. The molecule has 27 heavy (non-hydrogen) atoms. The quantitative estimate of drug-likeness (QED) is 0.663. The largest absolute Gasteiger partial charge is 0.451 e. The Balaban J connectivity index is 1.59. The summed E-state index contributed by atoms with van der Waals surface area (Å²) < 4.78 is 6.15. The molecule has 0 fully saturated rings. The first kappa shape index (κ1) is 18.6. The van der Waals surface area contributed by atoms with E-state index in [0.29, 0.717) is 16.1 Å². The second kappa shape index (κ2) is 8.01. The highest BCUT2D eigenvalue weighted by Gasteiger charge is 2.17. The van der Waals surface area contributed by atoms with Gasteiger partial charge in [-0.15, -0.1) is 11.3 Å². The Labute approximate surface area is 160 Å². The van der Waals surface area contributed by atoms with Gasteiger partial charge < -0.3 is 15.4 Å². The molecule has 0 aliphatic heterocycles. The van der Waals surface area contributed by atoms with Crippen LogP contribution in [0.4, 0.5) is 5.69 Å². The van der Waals surface area contributed by atoms with Crippen molar-refractivity contribution in [3.63, 3.8) is 0 Å².